The number of rotatable bonds is 3. The molecule has 1 amide bonds. The van der Waals surface area contributed by atoms with Gasteiger partial charge in [0.05, 0.1) is 0 Å². The van der Waals surface area contributed by atoms with Crippen molar-refractivity contribution in [2.75, 3.05) is 5.32 Å². The van der Waals surface area contributed by atoms with Gasteiger partial charge in [0.25, 0.3) is 0 Å². The monoisotopic (exact) mass is 276 g/mol. The van der Waals surface area contributed by atoms with E-state index in [1.54, 1.807) is 11.3 Å². The molecule has 4 heteroatoms. The van der Waals surface area contributed by atoms with Gasteiger partial charge < -0.3 is 11.1 Å². The Balaban J connectivity index is 2.02. The summed E-state index contributed by atoms with van der Waals surface area (Å²) < 4.78 is 1.23. The minimum Gasteiger partial charge on any atom is -0.327 e. The van der Waals surface area contributed by atoms with Crippen LogP contribution in [0.2, 0.25) is 0 Å². The van der Waals surface area contributed by atoms with Crippen molar-refractivity contribution in [3.63, 3.8) is 0 Å². The minimum atomic E-state index is -0.141. The van der Waals surface area contributed by atoms with E-state index in [0.717, 1.165) is 11.1 Å². The van der Waals surface area contributed by atoms with E-state index in [4.69, 9.17) is 5.73 Å². The molecule has 19 heavy (non-hydrogen) atoms. The fourth-order valence-corrected chi connectivity index (χ4v) is 2.53. The van der Waals surface area contributed by atoms with Gasteiger partial charge >= 0.3 is 0 Å². The number of fused-ring (bicyclic) bond motifs is 1. The molecular weight excluding hydrogens is 256 g/mol. The molecule has 1 aromatic carbocycles. The van der Waals surface area contributed by atoms with Crippen LogP contribution >= 0.6 is 11.3 Å². The van der Waals surface area contributed by atoms with Gasteiger partial charge in [-0.3, -0.25) is 4.79 Å². The minimum absolute atomic E-state index is 0.0306. The maximum absolute atomic E-state index is 12.0. The van der Waals surface area contributed by atoms with Crippen LogP contribution in [-0.2, 0) is 4.79 Å². The molecule has 102 valence electrons. The highest BCUT2D eigenvalue weighted by atomic mass is 32.1. The van der Waals surface area contributed by atoms with Gasteiger partial charge in [-0.2, -0.15) is 0 Å². The summed E-state index contributed by atoms with van der Waals surface area (Å²) in [6, 6.07) is 7.86. The van der Waals surface area contributed by atoms with Gasteiger partial charge in [-0.15, -0.1) is 11.3 Å². The van der Waals surface area contributed by atoms with E-state index in [-0.39, 0.29) is 17.4 Å². The molecule has 0 aliphatic heterocycles. The summed E-state index contributed by atoms with van der Waals surface area (Å²) >= 11 is 1.70. The summed E-state index contributed by atoms with van der Waals surface area (Å²) in [4.78, 5) is 12.0. The molecule has 1 unspecified atom stereocenters. The number of hydrogen-bond donors (Lipinski definition) is 2. The highest BCUT2D eigenvalue weighted by Crippen LogP contribution is 2.24. The summed E-state index contributed by atoms with van der Waals surface area (Å²) in [7, 11) is 0. The number of anilines is 1. The molecule has 0 aliphatic carbocycles. The fourth-order valence-electron chi connectivity index (χ4n) is 1.76. The maximum Gasteiger partial charge on any atom is 0.225 e. The molecule has 2 rings (SSSR count). The van der Waals surface area contributed by atoms with Crippen molar-refractivity contribution >= 4 is 33.0 Å². The van der Waals surface area contributed by atoms with Gasteiger partial charge in [-0.1, -0.05) is 20.8 Å². The highest BCUT2D eigenvalue weighted by molar-refractivity contribution is 7.17. The Hall–Kier alpha value is -1.39. The van der Waals surface area contributed by atoms with Crippen LogP contribution in [0.4, 0.5) is 5.69 Å². The van der Waals surface area contributed by atoms with Crippen molar-refractivity contribution in [3.05, 3.63) is 29.6 Å². The number of thiophene rings is 1. The molecule has 0 spiro atoms. The molecule has 0 radical (unpaired) electrons. The molecule has 0 saturated carbocycles. The van der Waals surface area contributed by atoms with Gasteiger partial charge in [0.1, 0.15) is 0 Å². The second kappa shape index (κ2) is 5.31. The van der Waals surface area contributed by atoms with Crippen molar-refractivity contribution in [2.24, 2.45) is 11.1 Å². The Kier molecular flexibility index (Phi) is 3.92. The van der Waals surface area contributed by atoms with Crippen LogP contribution in [-0.4, -0.2) is 11.9 Å². The Morgan fingerprint density at radius 2 is 2.11 bits per heavy atom. The average molecular weight is 276 g/mol. The molecule has 0 saturated heterocycles. The highest BCUT2D eigenvalue weighted by Gasteiger charge is 2.23. The first-order valence-electron chi connectivity index (χ1n) is 6.39. The van der Waals surface area contributed by atoms with Crippen molar-refractivity contribution in [1.29, 1.82) is 0 Å². The summed E-state index contributed by atoms with van der Waals surface area (Å²) in [5.74, 6) is -0.0306. The van der Waals surface area contributed by atoms with Gasteiger partial charge in [0, 0.05) is 22.8 Å². The van der Waals surface area contributed by atoms with Crippen molar-refractivity contribution < 1.29 is 4.79 Å². The van der Waals surface area contributed by atoms with Crippen LogP contribution in [0.1, 0.15) is 27.2 Å². The zero-order valence-corrected chi connectivity index (χ0v) is 12.4. The number of benzene rings is 1. The Bertz CT molecular complexity index is 583. The lowest BCUT2D eigenvalue weighted by Gasteiger charge is -2.26. The molecular formula is C15H20N2OS. The van der Waals surface area contributed by atoms with E-state index in [0.29, 0.717) is 6.42 Å². The van der Waals surface area contributed by atoms with Gasteiger partial charge in [-0.25, -0.2) is 0 Å². The Morgan fingerprint density at radius 1 is 1.37 bits per heavy atom. The molecule has 1 aromatic heterocycles. The van der Waals surface area contributed by atoms with Crippen LogP contribution in [0.15, 0.2) is 29.6 Å². The second-order valence-electron chi connectivity index (χ2n) is 5.90. The van der Waals surface area contributed by atoms with Crippen LogP contribution in [0.3, 0.4) is 0 Å². The predicted molar refractivity (Wildman–Crippen MR) is 82.5 cm³/mol. The van der Waals surface area contributed by atoms with E-state index in [1.165, 1.54) is 4.70 Å². The molecule has 0 fully saturated rings. The van der Waals surface area contributed by atoms with E-state index in [2.05, 4.69) is 11.4 Å². The topological polar surface area (TPSA) is 55.1 Å². The van der Waals surface area contributed by atoms with Crippen LogP contribution in [0.5, 0.6) is 0 Å². The van der Waals surface area contributed by atoms with E-state index in [1.807, 2.05) is 44.4 Å². The SMILES string of the molecule is CC(C)(C)C(N)CC(=O)Nc1ccc2sccc2c1. The quantitative estimate of drug-likeness (QED) is 0.900. The smallest absolute Gasteiger partial charge is 0.225 e. The number of carbonyl (C=O) groups excluding carboxylic acids is 1. The largest absolute Gasteiger partial charge is 0.327 e. The number of carbonyl (C=O) groups is 1. The summed E-state index contributed by atoms with van der Waals surface area (Å²) in [5, 5.41) is 6.12. The van der Waals surface area contributed by atoms with E-state index in [9.17, 15) is 4.79 Å². The lowest BCUT2D eigenvalue weighted by Crippen LogP contribution is -2.38. The molecule has 0 bridgehead atoms. The van der Waals surface area contributed by atoms with Crippen LogP contribution in [0, 0.1) is 5.41 Å². The number of nitrogens with two attached hydrogens (primary N) is 1. The van der Waals surface area contributed by atoms with Crippen LogP contribution < -0.4 is 11.1 Å². The molecule has 0 aliphatic rings. The predicted octanol–water partition coefficient (Wildman–Crippen LogP) is 3.60. The molecule has 3 nitrogen and oxygen atoms in total. The molecule has 1 heterocycles. The zero-order valence-electron chi connectivity index (χ0n) is 11.6. The second-order valence-corrected chi connectivity index (χ2v) is 6.85. The van der Waals surface area contributed by atoms with E-state index >= 15 is 0 Å². The first-order chi connectivity index (χ1) is 8.86. The summed E-state index contributed by atoms with van der Waals surface area (Å²) in [5.41, 5.74) is 6.79. The molecule has 2 aromatic rings. The normalized spacial score (nSPS) is 13.5. The van der Waals surface area contributed by atoms with Crippen LogP contribution in [0.25, 0.3) is 10.1 Å². The Morgan fingerprint density at radius 3 is 2.79 bits per heavy atom. The third-order valence-electron chi connectivity index (χ3n) is 3.25. The first kappa shape index (κ1) is 14.0. The Labute approximate surface area is 117 Å². The third kappa shape index (κ3) is 3.55. The first-order valence-corrected chi connectivity index (χ1v) is 7.27. The average Bonchev–Trinajstić information content (AvgIpc) is 2.74. The lowest BCUT2D eigenvalue weighted by molar-refractivity contribution is -0.117. The van der Waals surface area contributed by atoms with Gasteiger partial charge in [-0.05, 0) is 40.4 Å². The summed E-state index contributed by atoms with van der Waals surface area (Å²) in [6.45, 7) is 6.13. The van der Waals surface area contributed by atoms with Gasteiger partial charge in [0.2, 0.25) is 5.91 Å². The maximum atomic E-state index is 12.0. The molecule has 3 N–H and O–H groups in total. The number of hydrogen-bond acceptors (Lipinski definition) is 3. The molecule has 1 atom stereocenters. The number of amides is 1. The third-order valence-corrected chi connectivity index (χ3v) is 4.15. The number of nitrogens with one attached hydrogen (secondary N) is 1. The summed E-state index contributed by atoms with van der Waals surface area (Å²) in [6.07, 6.45) is 0.338. The van der Waals surface area contributed by atoms with Crippen molar-refractivity contribution in [3.8, 4) is 0 Å². The van der Waals surface area contributed by atoms with Crippen molar-refractivity contribution in [1.82, 2.24) is 0 Å². The van der Waals surface area contributed by atoms with Crippen molar-refractivity contribution in [2.45, 2.75) is 33.2 Å². The van der Waals surface area contributed by atoms with E-state index < -0.39 is 0 Å². The fraction of sp³-hybridized carbons (Fsp3) is 0.400. The standard InChI is InChI=1S/C15H20N2OS/c1-15(2,3)13(16)9-14(18)17-11-4-5-12-10(8-11)6-7-19-12/h4-8,13H,9,16H2,1-3H3,(H,17,18). The van der Waals surface area contributed by atoms with Gasteiger partial charge in [0.15, 0.2) is 0 Å². The lowest BCUT2D eigenvalue weighted by atomic mass is 9.85. The zero-order chi connectivity index (χ0) is 14.0.